The van der Waals surface area contributed by atoms with E-state index in [0.717, 1.165) is 16.8 Å². The predicted octanol–water partition coefficient (Wildman–Crippen LogP) is 11.5. The van der Waals surface area contributed by atoms with Crippen molar-refractivity contribution >= 4 is 10.8 Å². The van der Waals surface area contributed by atoms with E-state index < -0.39 is 5.41 Å². The van der Waals surface area contributed by atoms with Gasteiger partial charge in [0.2, 0.25) is 0 Å². The SMILES string of the molecule is N#Cc1ccnc(-c2cccc(-c3cc4c(c5ccccc35)-c3ccc(-c5ccccc5)cc3C43c4ccccc4-c4ccccc43)c2)c1. The van der Waals surface area contributed by atoms with E-state index in [2.05, 4.69) is 163 Å². The highest BCUT2D eigenvalue weighted by Crippen LogP contribution is 2.64. The smallest absolute Gasteiger partial charge is 0.0992 e. The molecule has 0 saturated carbocycles. The molecule has 0 unspecified atom stereocenters. The number of pyridine rings is 1. The third kappa shape index (κ3) is 3.85. The van der Waals surface area contributed by atoms with Gasteiger partial charge in [0.1, 0.15) is 0 Å². The van der Waals surface area contributed by atoms with Crippen LogP contribution in [0.4, 0.5) is 0 Å². The summed E-state index contributed by atoms with van der Waals surface area (Å²) < 4.78 is 0. The molecule has 8 aromatic rings. The number of nitrogens with zero attached hydrogens (tertiary/aromatic N) is 2. The highest BCUT2D eigenvalue weighted by atomic mass is 14.7. The van der Waals surface area contributed by atoms with Gasteiger partial charge in [-0.25, -0.2) is 0 Å². The Morgan fingerprint density at radius 1 is 0.429 bits per heavy atom. The second-order valence-corrected chi connectivity index (χ2v) is 13.0. The van der Waals surface area contributed by atoms with Gasteiger partial charge in [0.15, 0.2) is 0 Å². The van der Waals surface area contributed by atoms with Crippen molar-refractivity contribution in [3.8, 4) is 61.8 Å². The highest BCUT2D eigenvalue weighted by Gasteiger charge is 2.52. The van der Waals surface area contributed by atoms with Crippen molar-refractivity contribution in [3.05, 3.63) is 198 Å². The van der Waals surface area contributed by atoms with Crippen molar-refractivity contribution in [3.63, 3.8) is 0 Å². The lowest BCUT2D eigenvalue weighted by Crippen LogP contribution is -2.26. The minimum atomic E-state index is -0.484. The summed E-state index contributed by atoms with van der Waals surface area (Å²) in [5.41, 5.74) is 17.1. The lowest BCUT2D eigenvalue weighted by Gasteiger charge is -2.31. The molecule has 49 heavy (non-hydrogen) atoms. The standard InChI is InChI=1S/C47H28N2/c48-29-30-23-24-49-45(25-30)34-14-10-13-33(26-34)40-28-44-46(38-18-5-4-15-35(38)40)39-22-21-32(31-11-2-1-3-12-31)27-43(39)47(44)41-19-8-6-16-36(41)37-17-7-9-20-42(37)47/h1-28H. The largest absolute Gasteiger partial charge is 0.256 e. The first-order valence-electron chi connectivity index (χ1n) is 16.7. The molecule has 10 rings (SSSR count). The Labute approximate surface area is 285 Å². The van der Waals surface area contributed by atoms with Crippen LogP contribution in [0.15, 0.2) is 170 Å². The molecular weight excluding hydrogens is 593 g/mol. The Morgan fingerprint density at radius 2 is 1.10 bits per heavy atom. The van der Waals surface area contributed by atoms with Gasteiger partial charge in [0.25, 0.3) is 0 Å². The molecule has 7 aromatic carbocycles. The zero-order chi connectivity index (χ0) is 32.5. The van der Waals surface area contributed by atoms with Crippen LogP contribution in [0.25, 0.3) is 66.5 Å². The van der Waals surface area contributed by atoms with Crippen LogP contribution in [-0.2, 0) is 5.41 Å². The molecule has 2 nitrogen and oxygen atoms in total. The quantitative estimate of drug-likeness (QED) is 0.197. The summed E-state index contributed by atoms with van der Waals surface area (Å²) >= 11 is 0. The fourth-order valence-electron chi connectivity index (χ4n) is 8.55. The number of nitriles is 1. The molecule has 1 spiro atoms. The average molecular weight is 621 g/mol. The lowest BCUT2D eigenvalue weighted by atomic mass is 9.69. The summed E-state index contributed by atoms with van der Waals surface area (Å²) in [5, 5.41) is 12.0. The first-order valence-corrected chi connectivity index (χ1v) is 16.7. The van der Waals surface area contributed by atoms with Crippen LogP contribution in [-0.4, -0.2) is 4.98 Å². The Bertz CT molecular complexity index is 2630. The molecule has 0 aliphatic heterocycles. The normalized spacial score (nSPS) is 13.0. The highest BCUT2D eigenvalue weighted by molar-refractivity contribution is 6.11. The maximum Gasteiger partial charge on any atom is 0.0992 e. The van der Waals surface area contributed by atoms with Crippen LogP contribution in [0.2, 0.25) is 0 Å². The van der Waals surface area contributed by atoms with Gasteiger partial charge in [-0.15, -0.1) is 0 Å². The fraction of sp³-hybridized carbons (Fsp3) is 0.0213. The zero-order valence-corrected chi connectivity index (χ0v) is 26.6. The van der Waals surface area contributed by atoms with Crippen molar-refractivity contribution < 1.29 is 0 Å². The van der Waals surface area contributed by atoms with Gasteiger partial charge < -0.3 is 0 Å². The second kappa shape index (κ2) is 10.5. The van der Waals surface area contributed by atoms with Crippen LogP contribution >= 0.6 is 0 Å². The lowest BCUT2D eigenvalue weighted by molar-refractivity contribution is 0.795. The maximum atomic E-state index is 9.57. The van der Waals surface area contributed by atoms with Crippen LogP contribution in [0.3, 0.4) is 0 Å². The van der Waals surface area contributed by atoms with E-state index in [9.17, 15) is 5.26 Å². The molecule has 0 fully saturated rings. The van der Waals surface area contributed by atoms with Crippen molar-refractivity contribution in [2.45, 2.75) is 5.41 Å². The Morgan fingerprint density at radius 3 is 1.88 bits per heavy atom. The molecule has 1 heterocycles. The fourth-order valence-corrected chi connectivity index (χ4v) is 8.55. The van der Waals surface area contributed by atoms with E-state index in [-0.39, 0.29) is 0 Å². The Hall–Kier alpha value is -6.56. The van der Waals surface area contributed by atoms with E-state index in [0.29, 0.717) is 5.56 Å². The van der Waals surface area contributed by atoms with Crippen LogP contribution in [0.1, 0.15) is 27.8 Å². The molecule has 1 aromatic heterocycles. The molecule has 0 saturated heterocycles. The monoisotopic (exact) mass is 620 g/mol. The third-order valence-corrected chi connectivity index (χ3v) is 10.6. The molecule has 2 aliphatic carbocycles. The van der Waals surface area contributed by atoms with Crippen molar-refractivity contribution in [2.75, 3.05) is 0 Å². The molecule has 226 valence electrons. The molecule has 0 atom stereocenters. The van der Waals surface area contributed by atoms with Crippen molar-refractivity contribution in [2.24, 2.45) is 0 Å². The summed E-state index contributed by atoms with van der Waals surface area (Å²) in [6, 6.07) is 61.6. The summed E-state index contributed by atoms with van der Waals surface area (Å²) in [5.74, 6) is 0. The van der Waals surface area contributed by atoms with Gasteiger partial charge in [-0.3, -0.25) is 4.98 Å². The van der Waals surface area contributed by atoms with Gasteiger partial charge >= 0.3 is 0 Å². The van der Waals surface area contributed by atoms with Gasteiger partial charge in [0.05, 0.1) is 22.7 Å². The van der Waals surface area contributed by atoms with Crippen LogP contribution < -0.4 is 0 Å². The van der Waals surface area contributed by atoms with Gasteiger partial charge in [0, 0.05) is 11.8 Å². The van der Waals surface area contributed by atoms with Gasteiger partial charge in [-0.2, -0.15) is 5.26 Å². The second-order valence-electron chi connectivity index (χ2n) is 13.0. The topological polar surface area (TPSA) is 36.7 Å². The van der Waals surface area contributed by atoms with E-state index in [1.807, 2.05) is 6.07 Å². The van der Waals surface area contributed by atoms with E-state index in [4.69, 9.17) is 0 Å². The minimum absolute atomic E-state index is 0.484. The number of fused-ring (bicyclic) bond motifs is 12. The molecule has 0 radical (unpaired) electrons. The van der Waals surface area contributed by atoms with Gasteiger partial charge in [-0.1, -0.05) is 133 Å². The minimum Gasteiger partial charge on any atom is -0.256 e. The number of aromatic nitrogens is 1. The third-order valence-electron chi connectivity index (χ3n) is 10.6. The summed E-state index contributed by atoms with van der Waals surface area (Å²) in [7, 11) is 0. The number of hydrogen-bond donors (Lipinski definition) is 0. The van der Waals surface area contributed by atoms with Crippen molar-refractivity contribution in [1.82, 2.24) is 4.98 Å². The first-order chi connectivity index (χ1) is 24.3. The zero-order valence-electron chi connectivity index (χ0n) is 26.6. The summed E-state index contributed by atoms with van der Waals surface area (Å²) in [6.45, 7) is 0. The summed E-state index contributed by atoms with van der Waals surface area (Å²) in [6.07, 6.45) is 1.71. The van der Waals surface area contributed by atoms with E-state index in [1.54, 1.807) is 12.3 Å². The Balaban J connectivity index is 1.32. The predicted molar refractivity (Wildman–Crippen MR) is 199 cm³/mol. The van der Waals surface area contributed by atoms with Gasteiger partial charge in [-0.05, 0) is 108 Å². The molecule has 0 N–H and O–H groups in total. The molecule has 0 amide bonds. The molecule has 2 aliphatic rings. The average Bonchev–Trinajstić information content (AvgIpc) is 3.65. The van der Waals surface area contributed by atoms with E-state index >= 15 is 0 Å². The first kappa shape index (κ1) is 27.5. The molecular formula is C47H28N2. The number of hydrogen-bond acceptors (Lipinski definition) is 2. The number of rotatable bonds is 3. The molecule has 2 heteroatoms. The summed E-state index contributed by atoms with van der Waals surface area (Å²) in [4.78, 5) is 4.63. The van der Waals surface area contributed by atoms with Crippen LogP contribution in [0.5, 0.6) is 0 Å². The van der Waals surface area contributed by atoms with Crippen LogP contribution in [0, 0.1) is 11.3 Å². The Kier molecular flexibility index (Phi) is 5.89. The maximum absolute atomic E-state index is 9.57. The van der Waals surface area contributed by atoms with E-state index in [1.165, 1.54) is 72.0 Å². The number of benzene rings is 7. The van der Waals surface area contributed by atoms with Crippen molar-refractivity contribution in [1.29, 1.82) is 5.26 Å². The molecule has 0 bridgehead atoms.